The van der Waals surface area contributed by atoms with Crippen molar-refractivity contribution in [2.24, 2.45) is 0 Å². The van der Waals surface area contributed by atoms with Crippen LogP contribution in [0.1, 0.15) is 23.2 Å². The van der Waals surface area contributed by atoms with Gasteiger partial charge in [0.25, 0.3) is 0 Å². The van der Waals surface area contributed by atoms with Crippen molar-refractivity contribution < 1.29 is 19.4 Å². The van der Waals surface area contributed by atoms with Crippen molar-refractivity contribution in [2.75, 3.05) is 25.6 Å². The molecule has 0 bridgehead atoms. The Kier molecular flexibility index (Phi) is 3.93. The van der Waals surface area contributed by atoms with E-state index in [2.05, 4.69) is 15.5 Å². The molecule has 0 aromatic carbocycles. The maximum absolute atomic E-state index is 11.1. The molecule has 0 radical (unpaired) electrons. The topological polar surface area (TPSA) is 93.6 Å². The third-order valence-electron chi connectivity index (χ3n) is 2.73. The predicted octanol–water partition coefficient (Wildman–Crippen LogP) is 0.774. The fourth-order valence-electron chi connectivity index (χ4n) is 1.78. The number of aromatic carboxylic acids is 1. The molecule has 0 saturated carbocycles. The molecule has 7 nitrogen and oxygen atoms in total. The molecule has 1 aliphatic heterocycles. The number of anilines is 1. The minimum absolute atomic E-state index is 0.0415. The molecule has 1 aromatic rings. The van der Waals surface area contributed by atoms with Gasteiger partial charge in [0.05, 0.1) is 13.2 Å². The Bertz CT molecular complexity index is 432. The summed E-state index contributed by atoms with van der Waals surface area (Å²) in [6.07, 6.45) is 2.11. The zero-order valence-corrected chi connectivity index (χ0v) is 10.0. The van der Waals surface area contributed by atoms with Crippen LogP contribution in [0.5, 0.6) is 5.88 Å². The maximum Gasteiger partial charge on any atom is 0.339 e. The van der Waals surface area contributed by atoms with Crippen LogP contribution in [0, 0.1) is 0 Å². The molecule has 1 fully saturated rings. The van der Waals surface area contributed by atoms with Crippen LogP contribution in [-0.4, -0.2) is 47.6 Å². The van der Waals surface area contributed by atoms with Gasteiger partial charge < -0.3 is 19.9 Å². The summed E-state index contributed by atoms with van der Waals surface area (Å²) in [5.41, 5.74) is 0.0415. The van der Waals surface area contributed by atoms with Crippen molar-refractivity contribution in [3.8, 4) is 5.88 Å². The van der Waals surface area contributed by atoms with Crippen LogP contribution in [0.2, 0.25) is 0 Å². The molecule has 0 aliphatic carbocycles. The number of methoxy groups -OCH3 is 1. The van der Waals surface area contributed by atoms with Crippen LogP contribution < -0.4 is 10.1 Å². The van der Waals surface area contributed by atoms with Crippen LogP contribution >= 0.6 is 0 Å². The van der Waals surface area contributed by atoms with Crippen molar-refractivity contribution in [1.29, 1.82) is 0 Å². The summed E-state index contributed by atoms with van der Waals surface area (Å²) in [6, 6.07) is 1.34. The summed E-state index contributed by atoms with van der Waals surface area (Å²) in [5.74, 6) is -0.660. The van der Waals surface area contributed by atoms with Gasteiger partial charge in [-0.2, -0.15) is 0 Å². The van der Waals surface area contributed by atoms with Gasteiger partial charge in [-0.1, -0.05) is 0 Å². The van der Waals surface area contributed by atoms with Gasteiger partial charge in [0.15, 0.2) is 5.82 Å². The lowest BCUT2D eigenvalue weighted by Crippen LogP contribution is -2.20. The normalized spacial score (nSPS) is 18.6. The Hall–Kier alpha value is -1.89. The van der Waals surface area contributed by atoms with Crippen LogP contribution in [0.3, 0.4) is 0 Å². The summed E-state index contributed by atoms with van der Waals surface area (Å²) < 4.78 is 10.3. The summed E-state index contributed by atoms with van der Waals surface area (Å²) in [7, 11) is 1.41. The van der Waals surface area contributed by atoms with Gasteiger partial charge in [-0.25, -0.2) is 4.79 Å². The second kappa shape index (κ2) is 5.63. The molecule has 2 heterocycles. The van der Waals surface area contributed by atoms with E-state index in [9.17, 15) is 4.79 Å². The summed E-state index contributed by atoms with van der Waals surface area (Å²) in [5, 5.41) is 19.6. The summed E-state index contributed by atoms with van der Waals surface area (Å²) >= 11 is 0. The van der Waals surface area contributed by atoms with E-state index in [0.29, 0.717) is 6.54 Å². The minimum Gasteiger partial charge on any atom is -0.480 e. The van der Waals surface area contributed by atoms with Crippen molar-refractivity contribution in [3.63, 3.8) is 0 Å². The lowest BCUT2D eigenvalue weighted by Gasteiger charge is -2.12. The van der Waals surface area contributed by atoms with Crippen molar-refractivity contribution in [2.45, 2.75) is 18.9 Å². The fourth-order valence-corrected chi connectivity index (χ4v) is 1.78. The smallest absolute Gasteiger partial charge is 0.339 e. The molecular formula is C11H15N3O4. The maximum atomic E-state index is 11.1. The monoisotopic (exact) mass is 253 g/mol. The SMILES string of the molecule is COc1cc(C(=O)O)c(NCC2CCCO2)nn1. The Morgan fingerprint density at radius 1 is 1.67 bits per heavy atom. The summed E-state index contributed by atoms with van der Waals surface area (Å²) in [6.45, 7) is 1.29. The Morgan fingerprint density at radius 3 is 3.11 bits per heavy atom. The van der Waals surface area contributed by atoms with Crippen LogP contribution in [0.25, 0.3) is 0 Å². The average Bonchev–Trinajstić information content (AvgIpc) is 2.89. The zero-order valence-electron chi connectivity index (χ0n) is 10.0. The number of ether oxygens (including phenoxy) is 2. The number of nitrogens with zero attached hydrogens (tertiary/aromatic N) is 2. The fraction of sp³-hybridized carbons (Fsp3) is 0.545. The highest BCUT2D eigenvalue weighted by Crippen LogP contribution is 2.18. The van der Waals surface area contributed by atoms with Gasteiger partial charge in [0.1, 0.15) is 5.56 Å². The number of carboxylic acids is 1. The first kappa shape index (κ1) is 12.6. The second-order valence-corrected chi connectivity index (χ2v) is 3.97. The number of hydrogen-bond donors (Lipinski definition) is 2. The molecule has 2 N–H and O–H groups in total. The predicted molar refractivity (Wildman–Crippen MR) is 63.0 cm³/mol. The van der Waals surface area contributed by atoms with Crippen molar-refractivity contribution >= 4 is 11.8 Å². The van der Waals surface area contributed by atoms with E-state index >= 15 is 0 Å². The Morgan fingerprint density at radius 2 is 2.50 bits per heavy atom. The van der Waals surface area contributed by atoms with E-state index in [4.69, 9.17) is 14.6 Å². The van der Waals surface area contributed by atoms with Gasteiger partial charge in [0, 0.05) is 19.2 Å². The number of nitrogens with one attached hydrogen (secondary N) is 1. The molecule has 1 atom stereocenters. The first-order valence-corrected chi connectivity index (χ1v) is 5.71. The lowest BCUT2D eigenvalue weighted by molar-refractivity contribution is 0.0696. The van der Waals surface area contributed by atoms with E-state index < -0.39 is 5.97 Å². The van der Waals surface area contributed by atoms with Gasteiger partial charge in [-0.15, -0.1) is 10.2 Å². The molecule has 1 saturated heterocycles. The third-order valence-corrected chi connectivity index (χ3v) is 2.73. The molecule has 2 rings (SSSR count). The number of rotatable bonds is 5. The third kappa shape index (κ3) is 2.86. The molecule has 18 heavy (non-hydrogen) atoms. The van der Waals surface area contributed by atoms with Gasteiger partial charge in [-0.3, -0.25) is 0 Å². The first-order valence-electron chi connectivity index (χ1n) is 5.71. The molecule has 1 aromatic heterocycles. The van der Waals surface area contributed by atoms with E-state index in [1.165, 1.54) is 13.2 Å². The molecular weight excluding hydrogens is 238 g/mol. The highest BCUT2D eigenvalue weighted by atomic mass is 16.5. The zero-order chi connectivity index (χ0) is 13.0. The lowest BCUT2D eigenvalue weighted by atomic mass is 10.2. The minimum atomic E-state index is -1.07. The number of aromatic nitrogens is 2. The molecule has 1 aliphatic rings. The molecule has 1 unspecified atom stereocenters. The number of carbonyl (C=O) groups is 1. The Balaban J connectivity index is 2.08. The molecule has 7 heteroatoms. The van der Waals surface area contributed by atoms with Gasteiger partial charge in [0.2, 0.25) is 5.88 Å². The van der Waals surface area contributed by atoms with E-state index in [0.717, 1.165) is 19.4 Å². The second-order valence-electron chi connectivity index (χ2n) is 3.97. The molecule has 0 spiro atoms. The van der Waals surface area contributed by atoms with Gasteiger partial charge >= 0.3 is 5.97 Å². The van der Waals surface area contributed by atoms with E-state index in [1.807, 2.05) is 0 Å². The molecule has 0 amide bonds. The van der Waals surface area contributed by atoms with Crippen LogP contribution in [-0.2, 0) is 4.74 Å². The number of hydrogen-bond acceptors (Lipinski definition) is 6. The highest BCUT2D eigenvalue weighted by Gasteiger charge is 2.18. The standard InChI is InChI=1S/C11H15N3O4/c1-17-9-5-8(11(15)16)10(14-13-9)12-6-7-3-2-4-18-7/h5,7H,2-4,6H2,1H3,(H,12,14)(H,15,16). The first-order chi connectivity index (χ1) is 8.70. The number of carboxylic acid groups (broad SMARTS) is 1. The van der Waals surface area contributed by atoms with Crippen molar-refractivity contribution in [3.05, 3.63) is 11.6 Å². The highest BCUT2D eigenvalue weighted by molar-refractivity contribution is 5.93. The van der Waals surface area contributed by atoms with Crippen LogP contribution in [0.4, 0.5) is 5.82 Å². The summed E-state index contributed by atoms with van der Waals surface area (Å²) in [4.78, 5) is 11.1. The average molecular weight is 253 g/mol. The quantitative estimate of drug-likeness (QED) is 0.800. The Labute approximate surface area is 104 Å². The van der Waals surface area contributed by atoms with Crippen molar-refractivity contribution in [1.82, 2.24) is 10.2 Å². The van der Waals surface area contributed by atoms with E-state index in [-0.39, 0.29) is 23.4 Å². The van der Waals surface area contributed by atoms with Gasteiger partial charge in [-0.05, 0) is 12.8 Å². The van der Waals surface area contributed by atoms with E-state index in [1.54, 1.807) is 0 Å². The molecule has 98 valence electrons. The largest absolute Gasteiger partial charge is 0.480 e. The van der Waals surface area contributed by atoms with Crippen LogP contribution in [0.15, 0.2) is 6.07 Å².